The van der Waals surface area contributed by atoms with Crippen molar-refractivity contribution >= 4 is 24.1 Å². The average Bonchev–Trinajstić information content (AvgIpc) is 2.50. The second-order valence-electron chi connectivity index (χ2n) is 4.64. The summed E-state index contributed by atoms with van der Waals surface area (Å²) >= 11 is 5.24. The lowest BCUT2D eigenvalue weighted by atomic mass is 10.2. The molecule has 0 N–H and O–H groups in total. The maximum Gasteiger partial charge on any atom is 0.409 e. The summed E-state index contributed by atoms with van der Waals surface area (Å²) in [4.78, 5) is 19.6. The van der Waals surface area contributed by atoms with Crippen molar-refractivity contribution in [2.45, 2.75) is 6.92 Å². The molecule has 0 unspecified atom stereocenters. The Labute approximate surface area is 128 Å². The summed E-state index contributed by atoms with van der Waals surface area (Å²) in [6.45, 7) is 4.43. The number of nitrogens with zero attached hydrogens (tertiary/aromatic N) is 5. The van der Waals surface area contributed by atoms with Crippen LogP contribution >= 0.6 is 12.2 Å². The van der Waals surface area contributed by atoms with Gasteiger partial charge < -0.3 is 19.1 Å². The van der Waals surface area contributed by atoms with Crippen LogP contribution in [0.1, 0.15) is 12.5 Å². The van der Waals surface area contributed by atoms with Crippen LogP contribution in [0.5, 0.6) is 0 Å². The molecular weight excluding hydrogens is 290 g/mol. The topological polar surface area (TPSA) is 74.4 Å². The van der Waals surface area contributed by atoms with Crippen LogP contribution in [0.2, 0.25) is 0 Å². The fourth-order valence-corrected chi connectivity index (χ4v) is 2.37. The molecular formula is C13H17N5O2S. The molecule has 1 aliphatic rings. The Morgan fingerprint density at radius 2 is 2.14 bits per heavy atom. The van der Waals surface area contributed by atoms with Crippen molar-refractivity contribution in [3.63, 3.8) is 0 Å². The first-order valence-electron chi connectivity index (χ1n) is 6.70. The van der Waals surface area contributed by atoms with E-state index in [0.29, 0.717) is 48.8 Å². The number of hydrogen-bond acceptors (Lipinski definition) is 6. The highest BCUT2D eigenvalue weighted by molar-refractivity contribution is 7.71. The van der Waals surface area contributed by atoms with Crippen LogP contribution in [0.4, 0.5) is 10.6 Å². The van der Waals surface area contributed by atoms with Gasteiger partial charge in [-0.1, -0.05) is 12.2 Å². The molecule has 8 heteroatoms. The minimum atomic E-state index is -0.297. The van der Waals surface area contributed by atoms with Gasteiger partial charge in [0.2, 0.25) is 0 Å². The third-order valence-electron chi connectivity index (χ3n) is 3.33. The molecule has 0 bridgehead atoms. The molecule has 0 aromatic carbocycles. The third kappa shape index (κ3) is 3.13. The van der Waals surface area contributed by atoms with Gasteiger partial charge in [0.1, 0.15) is 16.3 Å². The fraction of sp³-hybridized carbons (Fsp3) is 0.538. The van der Waals surface area contributed by atoms with Crippen molar-refractivity contribution in [2.75, 3.05) is 37.7 Å². The highest BCUT2D eigenvalue weighted by Crippen LogP contribution is 2.19. The first kappa shape index (κ1) is 15.3. The van der Waals surface area contributed by atoms with E-state index in [9.17, 15) is 10.1 Å². The van der Waals surface area contributed by atoms with E-state index >= 15 is 0 Å². The summed E-state index contributed by atoms with van der Waals surface area (Å²) in [5.41, 5.74) is 0.402. The van der Waals surface area contributed by atoms with Crippen LogP contribution < -0.4 is 4.90 Å². The van der Waals surface area contributed by atoms with Gasteiger partial charge in [-0.05, 0) is 6.92 Å². The van der Waals surface area contributed by atoms with E-state index in [1.54, 1.807) is 29.8 Å². The second kappa shape index (κ2) is 6.54. The quantitative estimate of drug-likeness (QED) is 0.767. The zero-order chi connectivity index (χ0) is 15.4. The number of piperazine rings is 1. The Hall–Kier alpha value is -2.14. The van der Waals surface area contributed by atoms with Gasteiger partial charge >= 0.3 is 6.09 Å². The molecule has 2 heterocycles. The standard InChI is InChI=1S/C13H17N5O2S/c1-3-20-13(19)18-6-4-17(5-7-18)11-10(8-14)12(21)16(2)9-15-11/h9H,3-7H2,1-2H3. The number of ether oxygens (including phenoxy) is 1. The lowest BCUT2D eigenvalue weighted by molar-refractivity contribution is 0.105. The first-order chi connectivity index (χ1) is 10.1. The highest BCUT2D eigenvalue weighted by Gasteiger charge is 2.24. The number of nitriles is 1. The van der Waals surface area contributed by atoms with Crippen molar-refractivity contribution in [1.29, 1.82) is 5.26 Å². The Kier molecular flexibility index (Phi) is 4.75. The summed E-state index contributed by atoms with van der Waals surface area (Å²) in [7, 11) is 1.76. The van der Waals surface area contributed by atoms with Crippen LogP contribution in [0.25, 0.3) is 0 Å². The number of hydrogen-bond donors (Lipinski definition) is 0. The third-order valence-corrected chi connectivity index (χ3v) is 3.82. The van der Waals surface area contributed by atoms with Gasteiger partial charge in [0.25, 0.3) is 0 Å². The largest absolute Gasteiger partial charge is 0.450 e. The lowest BCUT2D eigenvalue weighted by Gasteiger charge is -2.35. The van der Waals surface area contributed by atoms with Gasteiger partial charge in [-0.2, -0.15) is 5.26 Å². The van der Waals surface area contributed by atoms with Gasteiger partial charge in [-0.3, -0.25) is 0 Å². The minimum Gasteiger partial charge on any atom is -0.450 e. The van der Waals surface area contributed by atoms with Crippen LogP contribution in [-0.2, 0) is 11.8 Å². The van der Waals surface area contributed by atoms with E-state index in [-0.39, 0.29) is 6.09 Å². The molecule has 1 aromatic rings. The van der Waals surface area contributed by atoms with Gasteiger partial charge in [0, 0.05) is 33.2 Å². The van der Waals surface area contributed by atoms with E-state index in [0.717, 1.165) is 0 Å². The molecule has 0 saturated carbocycles. The molecule has 112 valence electrons. The Morgan fingerprint density at radius 1 is 1.48 bits per heavy atom. The number of carbonyl (C=O) groups excluding carboxylic acids is 1. The van der Waals surface area contributed by atoms with Gasteiger partial charge in [0.05, 0.1) is 12.9 Å². The smallest absolute Gasteiger partial charge is 0.409 e. The maximum atomic E-state index is 11.7. The van der Waals surface area contributed by atoms with Crippen molar-refractivity contribution in [2.24, 2.45) is 7.05 Å². The fourth-order valence-electron chi connectivity index (χ4n) is 2.18. The summed E-state index contributed by atoms with van der Waals surface area (Å²) < 4.78 is 7.10. The number of anilines is 1. The normalized spacial score (nSPS) is 14.7. The molecule has 21 heavy (non-hydrogen) atoms. The van der Waals surface area contributed by atoms with Gasteiger partial charge in [-0.15, -0.1) is 0 Å². The first-order valence-corrected chi connectivity index (χ1v) is 7.11. The molecule has 1 saturated heterocycles. The van der Waals surface area contributed by atoms with Crippen LogP contribution in [-0.4, -0.2) is 53.3 Å². The minimum absolute atomic E-state index is 0.297. The predicted octanol–water partition coefficient (Wildman–Crippen LogP) is 1.30. The van der Waals surface area contributed by atoms with Crippen molar-refractivity contribution in [3.8, 4) is 6.07 Å². The Morgan fingerprint density at radius 3 is 2.71 bits per heavy atom. The number of aromatic nitrogens is 2. The van der Waals surface area contributed by atoms with Crippen LogP contribution in [0.15, 0.2) is 6.33 Å². The molecule has 1 fully saturated rings. The molecule has 1 aromatic heterocycles. The van der Waals surface area contributed by atoms with E-state index < -0.39 is 0 Å². The zero-order valence-electron chi connectivity index (χ0n) is 12.1. The SMILES string of the molecule is CCOC(=O)N1CCN(c2ncn(C)c(=S)c2C#N)CC1. The average molecular weight is 307 g/mol. The molecule has 0 aliphatic carbocycles. The van der Waals surface area contributed by atoms with Gasteiger partial charge in [0.15, 0.2) is 5.82 Å². The molecule has 2 rings (SSSR count). The lowest BCUT2D eigenvalue weighted by Crippen LogP contribution is -2.49. The summed E-state index contributed by atoms with van der Waals surface area (Å²) in [6, 6.07) is 2.12. The number of carbonyl (C=O) groups is 1. The summed E-state index contributed by atoms with van der Waals surface area (Å²) in [5, 5.41) is 9.28. The van der Waals surface area contributed by atoms with E-state index in [2.05, 4.69) is 11.1 Å². The molecule has 1 amide bonds. The molecule has 1 aliphatic heterocycles. The highest BCUT2D eigenvalue weighted by atomic mass is 32.1. The van der Waals surface area contributed by atoms with Gasteiger partial charge in [-0.25, -0.2) is 9.78 Å². The predicted molar refractivity (Wildman–Crippen MR) is 79.6 cm³/mol. The number of rotatable bonds is 2. The molecule has 0 atom stereocenters. The van der Waals surface area contributed by atoms with Crippen LogP contribution in [0.3, 0.4) is 0 Å². The molecule has 0 radical (unpaired) electrons. The van der Waals surface area contributed by atoms with E-state index in [4.69, 9.17) is 17.0 Å². The molecule has 7 nitrogen and oxygen atoms in total. The van der Waals surface area contributed by atoms with Crippen molar-refractivity contribution in [3.05, 3.63) is 16.5 Å². The van der Waals surface area contributed by atoms with Crippen molar-refractivity contribution < 1.29 is 9.53 Å². The Bertz CT molecular complexity index is 628. The molecule has 0 spiro atoms. The maximum absolute atomic E-state index is 11.7. The zero-order valence-corrected chi connectivity index (χ0v) is 12.9. The Balaban J connectivity index is 2.13. The summed E-state index contributed by atoms with van der Waals surface area (Å²) in [5.74, 6) is 0.587. The van der Waals surface area contributed by atoms with Crippen LogP contribution in [0, 0.1) is 16.0 Å². The monoisotopic (exact) mass is 307 g/mol. The van der Waals surface area contributed by atoms with E-state index in [1.807, 2.05) is 4.90 Å². The summed E-state index contributed by atoms with van der Waals surface area (Å²) in [6.07, 6.45) is 1.31. The number of amides is 1. The second-order valence-corrected chi connectivity index (χ2v) is 5.03. The van der Waals surface area contributed by atoms with E-state index in [1.165, 1.54) is 0 Å². The number of aryl methyl sites for hydroxylation is 1. The van der Waals surface area contributed by atoms with Crippen molar-refractivity contribution in [1.82, 2.24) is 14.5 Å².